The first-order valence-electron chi connectivity index (χ1n) is 5.92. The Labute approximate surface area is 105 Å². The Hall–Kier alpha value is -2.17. The third-order valence-electron chi connectivity index (χ3n) is 2.51. The van der Waals surface area contributed by atoms with Gasteiger partial charge in [0.1, 0.15) is 0 Å². The minimum absolute atomic E-state index is 0.128. The zero-order valence-corrected chi connectivity index (χ0v) is 10.6. The molecule has 0 radical (unpaired) electrons. The molecular formula is C13H16N4O. The van der Waals surface area contributed by atoms with Gasteiger partial charge in [0.15, 0.2) is 0 Å². The van der Waals surface area contributed by atoms with Crippen molar-refractivity contribution >= 4 is 5.69 Å². The van der Waals surface area contributed by atoms with Crippen molar-refractivity contribution < 1.29 is 0 Å². The average Bonchev–Trinajstić information content (AvgIpc) is 2.33. The van der Waals surface area contributed by atoms with E-state index in [2.05, 4.69) is 15.4 Å². The van der Waals surface area contributed by atoms with Crippen LogP contribution < -0.4 is 10.9 Å². The highest BCUT2D eigenvalue weighted by Crippen LogP contribution is 2.01. The van der Waals surface area contributed by atoms with Gasteiger partial charge in [-0.25, -0.2) is 4.68 Å². The highest BCUT2D eigenvalue weighted by molar-refractivity contribution is 5.38. The maximum atomic E-state index is 11.8. The molecule has 0 saturated heterocycles. The van der Waals surface area contributed by atoms with Gasteiger partial charge in [-0.2, -0.15) is 5.10 Å². The van der Waals surface area contributed by atoms with Crippen molar-refractivity contribution in [2.45, 2.75) is 20.4 Å². The predicted molar refractivity (Wildman–Crippen MR) is 70.7 cm³/mol. The first kappa shape index (κ1) is 12.3. The Balaban J connectivity index is 2.22. The average molecular weight is 244 g/mol. The molecule has 5 heteroatoms. The number of pyridine rings is 1. The number of nitrogens with zero attached hydrogens (tertiary/aromatic N) is 3. The number of aromatic nitrogens is 3. The second-order valence-electron chi connectivity index (χ2n) is 4.04. The fourth-order valence-electron chi connectivity index (χ4n) is 1.69. The van der Waals surface area contributed by atoms with E-state index in [1.54, 1.807) is 12.3 Å². The quantitative estimate of drug-likeness (QED) is 0.883. The minimum atomic E-state index is -0.128. The van der Waals surface area contributed by atoms with Crippen LogP contribution in [-0.2, 0) is 6.54 Å². The SMILES string of the molecule is CCNc1cnn(Cc2cccc(C)n2)c(=O)c1. The second kappa shape index (κ2) is 5.44. The van der Waals surface area contributed by atoms with Gasteiger partial charge in [0.25, 0.3) is 5.56 Å². The molecule has 2 aromatic rings. The van der Waals surface area contributed by atoms with Crippen LogP contribution in [0.25, 0.3) is 0 Å². The highest BCUT2D eigenvalue weighted by atomic mass is 16.1. The van der Waals surface area contributed by atoms with Crippen LogP contribution in [0.3, 0.4) is 0 Å². The summed E-state index contributed by atoms with van der Waals surface area (Å²) in [6.45, 7) is 5.06. The number of hydrogen-bond acceptors (Lipinski definition) is 4. The van der Waals surface area contributed by atoms with Crippen LogP contribution >= 0.6 is 0 Å². The van der Waals surface area contributed by atoms with Gasteiger partial charge in [-0.15, -0.1) is 0 Å². The largest absolute Gasteiger partial charge is 0.384 e. The van der Waals surface area contributed by atoms with Crippen LogP contribution in [0, 0.1) is 6.92 Å². The van der Waals surface area contributed by atoms with E-state index in [0.29, 0.717) is 6.54 Å². The maximum absolute atomic E-state index is 11.8. The normalized spacial score (nSPS) is 10.3. The molecule has 0 bridgehead atoms. The summed E-state index contributed by atoms with van der Waals surface area (Å²) in [7, 11) is 0. The fraction of sp³-hybridized carbons (Fsp3) is 0.308. The molecule has 94 valence electrons. The molecule has 1 N–H and O–H groups in total. The van der Waals surface area contributed by atoms with Crippen LogP contribution in [0.15, 0.2) is 35.3 Å². The van der Waals surface area contributed by atoms with E-state index in [0.717, 1.165) is 23.6 Å². The van der Waals surface area contributed by atoms with E-state index in [9.17, 15) is 4.79 Å². The van der Waals surface area contributed by atoms with Crippen molar-refractivity contribution in [2.24, 2.45) is 0 Å². The fourth-order valence-corrected chi connectivity index (χ4v) is 1.69. The summed E-state index contributed by atoms with van der Waals surface area (Å²) in [5.74, 6) is 0. The van der Waals surface area contributed by atoms with E-state index in [1.165, 1.54) is 4.68 Å². The van der Waals surface area contributed by atoms with Crippen molar-refractivity contribution in [1.82, 2.24) is 14.8 Å². The molecule has 18 heavy (non-hydrogen) atoms. The molecule has 0 saturated carbocycles. The van der Waals surface area contributed by atoms with E-state index < -0.39 is 0 Å². The molecule has 0 aliphatic rings. The minimum Gasteiger partial charge on any atom is -0.384 e. The third-order valence-corrected chi connectivity index (χ3v) is 2.51. The van der Waals surface area contributed by atoms with Crippen LogP contribution in [0.5, 0.6) is 0 Å². The summed E-state index contributed by atoms with van der Waals surface area (Å²) in [6.07, 6.45) is 1.65. The lowest BCUT2D eigenvalue weighted by Crippen LogP contribution is -2.23. The molecule has 2 heterocycles. The van der Waals surface area contributed by atoms with Crippen LogP contribution in [0.2, 0.25) is 0 Å². The Morgan fingerprint density at radius 3 is 2.89 bits per heavy atom. The molecule has 0 aliphatic heterocycles. The summed E-state index contributed by atoms with van der Waals surface area (Å²) in [4.78, 5) is 16.2. The molecule has 0 aliphatic carbocycles. The van der Waals surface area contributed by atoms with Crippen LogP contribution in [0.4, 0.5) is 5.69 Å². The van der Waals surface area contributed by atoms with Crippen molar-refractivity contribution in [2.75, 3.05) is 11.9 Å². The lowest BCUT2D eigenvalue weighted by Gasteiger charge is -2.06. The van der Waals surface area contributed by atoms with Gasteiger partial charge < -0.3 is 5.32 Å². The van der Waals surface area contributed by atoms with Crippen molar-refractivity contribution in [3.63, 3.8) is 0 Å². The van der Waals surface area contributed by atoms with E-state index in [1.807, 2.05) is 32.0 Å². The number of anilines is 1. The Morgan fingerprint density at radius 1 is 1.39 bits per heavy atom. The van der Waals surface area contributed by atoms with Crippen molar-refractivity contribution in [1.29, 1.82) is 0 Å². The van der Waals surface area contributed by atoms with Crippen molar-refractivity contribution in [3.8, 4) is 0 Å². The van der Waals surface area contributed by atoms with Gasteiger partial charge in [-0.05, 0) is 26.0 Å². The first-order valence-corrected chi connectivity index (χ1v) is 5.92. The van der Waals surface area contributed by atoms with E-state index >= 15 is 0 Å². The molecule has 0 amide bonds. The molecule has 0 spiro atoms. The second-order valence-corrected chi connectivity index (χ2v) is 4.04. The maximum Gasteiger partial charge on any atom is 0.269 e. The molecule has 2 aromatic heterocycles. The van der Waals surface area contributed by atoms with Gasteiger partial charge in [0, 0.05) is 18.3 Å². The number of aryl methyl sites for hydroxylation is 1. The van der Waals surface area contributed by atoms with Crippen LogP contribution in [0.1, 0.15) is 18.3 Å². The lowest BCUT2D eigenvalue weighted by atomic mass is 10.3. The standard InChI is InChI=1S/C13H16N4O/c1-3-14-12-7-13(18)17(15-8-12)9-11-6-4-5-10(2)16-11/h4-8,14H,3,9H2,1-2H3. The highest BCUT2D eigenvalue weighted by Gasteiger charge is 2.02. The Kier molecular flexibility index (Phi) is 3.72. The molecule has 0 fully saturated rings. The smallest absolute Gasteiger partial charge is 0.269 e. The number of hydrogen-bond donors (Lipinski definition) is 1. The molecule has 0 unspecified atom stereocenters. The lowest BCUT2D eigenvalue weighted by molar-refractivity contribution is 0.627. The number of rotatable bonds is 4. The molecular weight excluding hydrogens is 228 g/mol. The molecule has 5 nitrogen and oxygen atoms in total. The van der Waals surface area contributed by atoms with E-state index in [4.69, 9.17) is 0 Å². The summed E-state index contributed by atoms with van der Waals surface area (Å²) in [5, 5.41) is 7.18. The Bertz CT molecular complexity index is 592. The predicted octanol–water partition coefficient (Wildman–Crippen LogP) is 1.43. The van der Waals surface area contributed by atoms with Gasteiger partial charge >= 0.3 is 0 Å². The summed E-state index contributed by atoms with van der Waals surface area (Å²) >= 11 is 0. The monoisotopic (exact) mass is 244 g/mol. The van der Waals surface area contributed by atoms with Gasteiger partial charge in [0.2, 0.25) is 0 Å². The summed E-state index contributed by atoms with van der Waals surface area (Å²) in [5.41, 5.74) is 2.39. The third kappa shape index (κ3) is 2.94. The zero-order valence-electron chi connectivity index (χ0n) is 10.6. The summed E-state index contributed by atoms with van der Waals surface area (Å²) in [6, 6.07) is 7.29. The van der Waals surface area contributed by atoms with Gasteiger partial charge in [-0.3, -0.25) is 9.78 Å². The molecule has 2 rings (SSSR count). The topological polar surface area (TPSA) is 59.8 Å². The molecule has 0 aromatic carbocycles. The Morgan fingerprint density at radius 2 is 2.22 bits per heavy atom. The first-order chi connectivity index (χ1) is 8.69. The zero-order chi connectivity index (χ0) is 13.0. The number of nitrogens with one attached hydrogen (secondary N) is 1. The van der Waals surface area contributed by atoms with E-state index in [-0.39, 0.29) is 5.56 Å². The van der Waals surface area contributed by atoms with Crippen LogP contribution in [-0.4, -0.2) is 21.3 Å². The summed E-state index contributed by atoms with van der Waals surface area (Å²) < 4.78 is 1.41. The van der Waals surface area contributed by atoms with Crippen molar-refractivity contribution in [3.05, 3.63) is 52.2 Å². The van der Waals surface area contributed by atoms with Gasteiger partial charge in [0.05, 0.1) is 24.1 Å². The van der Waals surface area contributed by atoms with Gasteiger partial charge in [-0.1, -0.05) is 6.07 Å². The molecule has 0 atom stereocenters.